The molecule has 0 spiro atoms. The lowest BCUT2D eigenvalue weighted by atomic mass is 9.94. The van der Waals surface area contributed by atoms with Gasteiger partial charge in [0.2, 0.25) is 0 Å². The van der Waals surface area contributed by atoms with Crippen LogP contribution in [0.4, 0.5) is 0 Å². The third-order valence-electron chi connectivity index (χ3n) is 3.00. The lowest BCUT2D eigenvalue weighted by molar-refractivity contribution is 0.289. The van der Waals surface area contributed by atoms with Crippen molar-refractivity contribution in [3.8, 4) is 6.07 Å². The van der Waals surface area contributed by atoms with E-state index in [-0.39, 0.29) is 6.61 Å². The first-order valence-corrected chi connectivity index (χ1v) is 7.11. The van der Waals surface area contributed by atoms with Crippen LogP contribution in [0.3, 0.4) is 0 Å². The number of benzene rings is 1. The molecule has 0 saturated carbocycles. The summed E-state index contributed by atoms with van der Waals surface area (Å²) in [6.45, 7) is 2.27. The molecule has 1 aromatic rings. The highest BCUT2D eigenvalue weighted by Crippen LogP contribution is 2.27. The van der Waals surface area contributed by atoms with Crippen molar-refractivity contribution in [2.75, 3.05) is 19.4 Å². The van der Waals surface area contributed by atoms with Crippen molar-refractivity contribution in [2.45, 2.75) is 24.1 Å². The monoisotopic (exact) mass is 264 g/mol. The first kappa shape index (κ1) is 15.0. The molecule has 0 heterocycles. The zero-order valence-electron chi connectivity index (χ0n) is 10.9. The summed E-state index contributed by atoms with van der Waals surface area (Å²) in [7, 11) is 1.81. The van der Waals surface area contributed by atoms with Crippen LogP contribution in [0, 0.1) is 11.3 Å². The van der Waals surface area contributed by atoms with E-state index in [1.54, 1.807) is 11.8 Å². The second-order valence-electron chi connectivity index (χ2n) is 4.27. The molecule has 4 heteroatoms. The Balaban J connectivity index is 2.79. The fraction of sp³-hybridized carbons (Fsp3) is 0.500. The summed E-state index contributed by atoms with van der Waals surface area (Å²) in [6.07, 6.45) is 0.755. The standard InChI is InChI=1S/C14H20N2OS/c1-12(8-9-17)18-11-14(10-15,16-2)13-6-4-3-5-7-13/h3-7,12,16-17H,8-9,11H2,1-2H3. The van der Waals surface area contributed by atoms with Crippen LogP contribution in [-0.4, -0.2) is 29.8 Å². The fourth-order valence-electron chi connectivity index (χ4n) is 1.71. The summed E-state index contributed by atoms with van der Waals surface area (Å²) < 4.78 is 0. The summed E-state index contributed by atoms with van der Waals surface area (Å²) in [5.41, 5.74) is 0.328. The molecule has 1 aromatic carbocycles. The van der Waals surface area contributed by atoms with Crippen LogP contribution in [0.5, 0.6) is 0 Å². The van der Waals surface area contributed by atoms with Gasteiger partial charge in [0.25, 0.3) is 0 Å². The first-order valence-electron chi connectivity index (χ1n) is 6.06. The summed E-state index contributed by atoms with van der Waals surface area (Å²) in [6, 6.07) is 12.2. The molecule has 0 aliphatic rings. The van der Waals surface area contributed by atoms with E-state index in [1.807, 2.05) is 37.4 Å². The topological polar surface area (TPSA) is 56.0 Å². The molecule has 0 fully saturated rings. The van der Waals surface area contributed by atoms with Crippen molar-refractivity contribution in [3.63, 3.8) is 0 Å². The number of aliphatic hydroxyl groups is 1. The van der Waals surface area contributed by atoms with E-state index in [1.165, 1.54) is 0 Å². The van der Waals surface area contributed by atoms with Crippen molar-refractivity contribution < 1.29 is 5.11 Å². The van der Waals surface area contributed by atoms with Crippen molar-refractivity contribution in [2.24, 2.45) is 0 Å². The third-order valence-corrected chi connectivity index (χ3v) is 4.41. The highest BCUT2D eigenvalue weighted by molar-refractivity contribution is 7.99. The van der Waals surface area contributed by atoms with Crippen LogP contribution >= 0.6 is 11.8 Å². The summed E-state index contributed by atoms with van der Waals surface area (Å²) in [5, 5.41) is 21.9. The van der Waals surface area contributed by atoms with Gasteiger partial charge in [-0.3, -0.25) is 5.32 Å². The van der Waals surface area contributed by atoms with Gasteiger partial charge in [0.1, 0.15) is 5.54 Å². The Bertz CT molecular complexity index is 391. The molecule has 2 atom stereocenters. The summed E-state index contributed by atoms with van der Waals surface area (Å²) in [5.74, 6) is 0.672. The zero-order chi connectivity index (χ0) is 13.4. The van der Waals surface area contributed by atoms with E-state index < -0.39 is 5.54 Å². The number of rotatable bonds is 7. The highest BCUT2D eigenvalue weighted by Gasteiger charge is 2.30. The summed E-state index contributed by atoms with van der Waals surface area (Å²) in [4.78, 5) is 0. The van der Waals surface area contributed by atoms with Gasteiger partial charge in [-0.25, -0.2) is 0 Å². The lowest BCUT2D eigenvalue weighted by Gasteiger charge is -2.27. The summed E-state index contributed by atoms with van der Waals surface area (Å²) >= 11 is 1.71. The van der Waals surface area contributed by atoms with Crippen LogP contribution < -0.4 is 5.32 Å². The maximum atomic E-state index is 9.50. The number of aliphatic hydroxyl groups excluding tert-OH is 1. The Morgan fingerprint density at radius 3 is 2.61 bits per heavy atom. The van der Waals surface area contributed by atoms with Crippen molar-refractivity contribution in [1.29, 1.82) is 5.26 Å². The molecule has 2 unspecified atom stereocenters. The van der Waals surface area contributed by atoms with Crippen molar-refractivity contribution in [3.05, 3.63) is 35.9 Å². The molecule has 1 rings (SSSR count). The maximum absolute atomic E-state index is 9.50. The SMILES string of the molecule is CNC(C#N)(CSC(C)CCO)c1ccccc1. The Morgan fingerprint density at radius 2 is 2.11 bits per heavy atom. The number of hydrogen-bond donors (Lipinski definition) is 2. The molecular weight excluding hydrogens is 244 g/mol. The lowest BCUT2D eigenvalue weighted by Crippen LogP contribution is -2.41. The van der Waals surface area contributed by atoms with E-state index in [4.69, 9.17) is 5.11 Å². The largest absolute Gasteiger partial charge is 0.396 e. The van der Waals surface area contributed by atoms with Gasteiger partial charge in [-0.1, -0.05) is 37.3 Å². The fourth-order valence-corrected chi connectivity index (χ4v) is 2.89. The molecule has 3 nitrogen and oxygen atoms in total. The second-order valence-corrected chi connectivity index (χ2v) is 5.69. The van der Waals surface area contributed by atoms with Gasteiger partial charge in [-0.05, 0) is 19.0 Å². The molecule has 0 radical (unpaired) electrons. The molecule has 18 heavy (non-hydrogen) atoms. The van der Waals surface area contributed by atoms with Crippen LogP contribution in [0.15, 0.2) is 30.3 Å². The number of nitrogens with one attached hydrogen (secondary N) is 1. The minimum Gasteiger partial charge on any atom is -0.396 e. The van der Waals surface area contributed by atoms with Gasteiger partial charge in [-0.15, -0.1) is 0 Å². The van der Waals surface area contributed by atoms with E-state index in [0.29, 0.717) is 11.0 Å². The van der Waals surface area contributed by atoms with E-state index in [9.17, 15) is 5.26 Å². The Morgan fingerprint density at radius 1 is 1.44 bits per heavy atom. The van der Waals surface area contributed by atoms with Crippen LogP contribution in [0.2, 0.25) is 0 Å². The Hall–Kier alpha value is -1.02. The zero-order valence-corrected chi connectivity index (χ0v) is 11.7. The minimum atomic E-state index is -0.657. The van der Waals surface area contributed by atoms with E-state index in [0.717, 1.165) is 12.0 Å². The molecule has 0 amide bonds. The Kier molecular flexibility index (Phi) is 6.20. The molecule has 0 aliphatic carbocycles. The van der Waals surface area contributed by atoms with E-state index in [2.05, 4.69) is 18.3 Å². The predicted octanol–water partition coefficient (Wildman–Crippen LogP) is 2.13. The van der Waals surface area contributed by atoms with Gasteiger partial charge in [0, 0.05) is 17.6 Å². The average molecular weight is 264 g/mol. The molecule has 0 saturated heterocycles. The number of thioether (sulfide) groups is 1. The van der Waals surface area contributed by atoms with Crippen LogP contribution in [-0.2, 0) is 5.54 Å². The maximum Gasteiger partial charge on any atom is 0.141 e. The van der Waals surface area contributed by atoms with Gasteiger partial charge in [-0.2, -0.15) is 17.0 Å². The molecule has 2 N–H and O–H groups in total. The number of hydrogen-bond acceptors (Lipinski definition) is 4. The van der Waals surface area contributed by atoms with Crippen LogP contribution in [0.1, 0.15) is 18.9 Å². The second kappa shape index (κ2) is 7.42. The van der Waals surface area contributed by atoms with Crippen molar-refractivity contribution >= 4 is 11.8 Å². The van der Waals surface area contributed by atoms with Gasteiger partial charge in [0.15, 0.2) is 0 Å². The number of nitrogens with zero attached hydrogens (tertiary/aromatic N) is 1. The Labute approximate surface area is 113 Å². The highest BCUT2D eigenvalue weighted by atomic mass is 32.2. The van der Waals surface area contributed by atoms with Gasteiger partial charge in [0.05, 0.1) is 6.07 Å². The molecule has 98 valence electrons. The number of nitriles is 1. The average Bonchev–Trinajstić information content (AvgIpc) is 2.42. The molecule has 0 aromatic heterocycles. The van der Waals surface area contributed by atoms with Crippen molar-refractivity contribution in [1.82, 2.24) is 5.32 Å². The van der Waals surface area contributed by atoms with Gasteiger partial charge < -0.3 is 5.11 Å². The van der Waals surface area contributed by atoms with E-state index >= 15 is 0 Å². The molecule has 0 bridgehead atoms. The normalized spacial score (nSPS) is 15.7. The molecular formula is C14H20N2OS. The molecule has 0 aliphatic heterocycles. The quantitative estimate of drug-likeness (QED) is 0.792. The van der Waals surface area contributed by atoms with Crippen LogP contribution in [0.25, 0.3) is 0 Å². The first-order chi connectivity index (χ1) is 8.68. The van der Waals surface area contributed by atoms with Gasteiger partial charge >= 0.3 is 0 Å². The predicted molar refractivity (Wildman–Crippen MR) is 76.4 cm³/mol. The third kappa shape index (κ3) is 3.74. The smallest absolute Gasteiger partial charge is 0.141 e. The minimum absolute atomic E-state index is 0.193.